The molecule has 0 saturated carbocycles. The first-order valence-corrected chi connectivity index (χ1v) is 8.50. The Bertz CT molecular complexity index is 883. The highest BCUT2D eigenvalue weighted by Crippen LogP contribution is 2.29. The van der Waals surface area contributed by atoms with Gasteiger partial charge in [-0.3, -0.25) is 4.79 Å². The van der Waals surface area contributed by atoms with Crippen LogP contribution in [-0.4, -0.2) is 33.3 Å². The maximum Gasteiger partial charge on any atom is 0.255 e. The van der Waals surface area contributed by atoms with Crippen LogP contribution in [0.5, 0.6) is 0 Å². The van der Waals surface area contributed by atoms with Crippen molar-refractivity contribution in [3.63, 3.8) is 0 Å². The fraction of sp³-hybridized carbons (Fsp3) is 0.300. The van der Waals surface area contributed by atoms with E-state index in [2.05, 4.69) is 36.2 Å². The number of aryl methyl sites for hydroxylation is 1. The van der Waals surface area contributed by atoms with Crippen molar-refractivity contribution in [1.82, 2.24) is 14.3 Å². The molecule has 0 aliphatic carbocycles. The van der Waals surface area contributed by atoms with E-state index in [1.165, 1.54) is 11.1 Å². The van der Waals surface area contributed by atoms with Crippen LogP contribution in [0, 0.1) is 6.92 Å². The number of hydrogen-bond donors (Lipinski definition) is 0. The molecule has 2 aromatic heterocycles. The zero-order chi connectivity index (χ0) is 16.5. The van der Waals surface area contributed by atoms with Crippen molar-refractivity contribution in [2.75, 3.05) is 13.1 Å². The summed E-state index contributed by atoms with van der Waals surface area (Å²) in [5.74, 6) is 0.546. The molecule has 3 heterocycles. The molecule has 4 nitrogen and oxygen atoms in total. The second-order valence-electron chi connectivity index (χ2n) is 6.56. The van der Waals surface area contributed by atoms with E-state index < -0.39 is 0 Å². The van der Waals surface area contributed by atoms with Gasteiger partial charge in [-0.1, -0.05) is 24.3 Å². The predicted molar refractivity (Wildman–Crippen MR) is 94.2 cm³/mol. The van der Waals surface area contributed by atoms with Crippen LogP contribution < -0.4 is 0 Å². The van der Waals surface area contributed by atoms with Crippen molar-refractivity contribution >= 4 is 11.6 Å². The molecule has 1 aliphatic heterocycles. The number of aromatic nitrogens is 2. The molecule has 1 atom stereocenters. The molecule has 1 saturated heterocycles. The molecule has 0 N–H and O–H groups in total. The lowest BCUT2D eigenvalue weighted by molar-refractivity contribution is 0.0706. The summed E-state index contributed by atoms with van der Waals surface area (Å²) in [5, 5.41) is 0. The molecule has 0 spiro atoms. The number of piperidine rings is 1. The first kappa shape index (κ1) is 14.9. The van der Waals surface area contributed by atoms with Crippen LogP contribution in [0.1, 0.15) is 40.2 Å². The zero-order valence-electron chi connectivity index (χ0n) is 13.9. The van der Waals surface area contributed by atoms with Gasteiger partial charge in [-0.15, -0.1) is 0 Å². The van der Waals surface area contributed by atoms with Crippen molar-refractivity contribution in [2.45, 2.75) is 25.7 Å². The molecule has 0 radical (unpaired) electrons. The van der Waals surface area contributed by atoms with Gasteiger partial charge in [0.2, 0.25) is 0 Å². The van der Waals surface area contributed by atoms with E-state index in [-0.39, 0.29) is 5.91 Å². The van der Waals surface area contributed by atoms with E-state index in [9.17, 15) is 4.79 Å². The van der Waals surface area contributed by atoms with Crippen molar-refractivity contribution in [2.24, 2.45) is 0 Å². The topological polar surface area (TPSA) is 37.6 Å². The molecule has 3 aromatic rings. The van der Waals surface area contributed by atoms with Gasteiger partial charge in [0.05, 0.1) is 5.56 Å². The Hall–Kier alpha value is -2.62. The zero-order valence-corrected chi connectivity index (χ0v) is 13.9. The van der Waals surface area contributed by atoms with Crippen molar-refractivity contribution in [1.29, 1.82) is 0 Å². The summed E-state index contributed by atoms with van der Waals surface area (Å²) in [6.45, 7) is 3.79. The largest absolute Gasteiger partial charge is 0.338 e. The number of rotatable bonds is 2. The van der Waals surface area contributed by atoms with Crippen LogP contribution in [0.2, 0.25) is 0 Å². The molecule has 1 fully saturated rings. The number of fused-ring (bicyclic) bond motifs is 1. The molecule has 1 amide bonds. The van der Waals surface area contributed by atoms with Crippen molar-refractivity contribution in [3.8, 4) is 0 Å². The lowest BCUT2D eigenvalue weighted by atomic mass is 9.88. The number of carbonyl (C=O) groups is 1. The van der Waals surface area contributed by atoms with E-state index >= 15 is 0 Å². The van der Waals surface area contributed by atoms with Gasteiger partial charge in [0.15, 0.2) is 0 Å². The van der Waals surface area contributed by atoms with Gasteiger partial charge in [-0.25, -0.2) is 4.98 Å². The van der Waals surface area contributed by atoms with E-state index in [1.54, 1.807) is 6.20 Å². The van der Waals surface area contributed by atoms with E-state index in [4.69, 9.17) is 0 Å². The lowest BCUT2D eigenvalue weighted by Gasteiger charge is -2.33. The Kier molecular flexibility index (Phi) is 3.81. The monoisotopic (exact) mass is 319 g/mol. The fourth-order valence-corrected chi connectivity index (χ4v) is 3.69. The summed E-state index contributed by atoms with van der Waals surface area (Å²) >= 11 is 0. The lowest BCUT2D eigenvalue weighted by Crippen LogP contribution is -2.39. The van der Waals surface area contributed by atoms with Crippen molar-refractivity contribution in [3.05, 3.63) is 71.7 Å². The third-order valence-electron chi connectivity index (χ3n) is 4.97. The molecule has 122 valence electrons. The summed E-state index contributed by atoms with van der Waals surface area (Å²) < 4.78 is 1.90. The minimum Gasteiger partial charge on any atom is -0.338 e. The maximum atomic E-state index is 12.9. The standard InChI is InChI=1S/C20H21N3O/c1-15-5-2-3-7-18(15)16-6-4-11-23(13-16)20(24)17-8-9-19-21-10-12-22(19)14-17/h2-3,5,7-10,12,14,16H,4,6,11,13H2,1H3. The molecular formula is C20H21N3O. The van der Waals surface area contributed by atoms with Crippen LogP contribution in [0.4, 0.5) is 0 Å². The van der Waals surface area contributed by atoms with Gasteiger partial charge in [0, 0.05) is 37.6 Å². The van der Waals surface area contributed by atoms with Gasteiger partial charge < -0.3 is 9.30 Å². The summed E-state index contributed by atoms with van der Waals surface area (Å²) in [7, 11) is 0. The number of likely N-dealkylation sites (tertiary alicyclic amines) is 1. The minimum atomic E-state index is 0.115. The van der Waals surface area contributed by atoms with Crippen molar-refractivity contribution < 1.29 is 4.79 Å². The van der Waals surface area contributed by atoms with Gasteiger partial charge in [0.1, 0.15) is 5.65 Å². The number of nitrogens with zero attached hydrogens (tertiary/aromatic N) is 3. The highest BCUT2D eigenvalue weighted by atomic mass is 16.2. The normalized spacial score (nSPS) is 18.0. The summed E-state index contributed by atoms with van der Waals surface area (Å²) in [6.07, 6.45) is 7.70. The van der Waals surface area contributed by atoms with Crippen LogP contribution in [0.15, 0.2) is 55.0 Å². The third-order valence-corrected chi connectivity index (χ3v) is 4.97. The Morgan fingerprint density at radius 1 is 1.21 bits per heavy atom. The summed E-state index contributed by atoms with van der Waals surface area (Å²) in [4.78, 5) is 19.1. The first-order valence-electron chi connectivity index (χ1n) is 8.50. The Balaban J connectivity index is 1.57. The molecule has 1 aliphatic rings. The summed E-state index contributed by atoms with van der Waals surface area (Å²) in [6, 6.07) is 12.3. The second-order valence-corrected chi connectivity index (χ2v) is 6.56. The molecule has 4 heteroatoms. The average molecular weight is 319 g/mol. The van der Waals surface area contributed by atoms with Gasteiger partial charge in [0.25, 0.3) is 5.91 Å². The van der Waals surface area contributed by atoms with Gasteiger partial charge >= 0.3 is 0 Å². The number of pyridine rings is 1. The molecule has 1 aromatic carbocycles. The minimum absolute atomic E-state index is 0.115. The van der Waals surface area contributed by atoms with Gasteiger partial charge in [-0.2, -0.15) is 0 Å². The van der Waals surface area contributed by atoms with E-state index in [1.807, 2.05) is 33.8 Å². The number of hydrogen-bond acceptors (Lipinski definition) is 2. The smallest absolute Gasteiger partial charge is 0.255 e. The number of benzene rings is 1. The average Bonchev–Trinajstić information content (AvgIpc) is 3.09. The molecule has 24 heavy (non-hydrogen) atoms. The SMILES string of the molecule is Cc1ccccc1C1CCCN(C(=O)c2ccc3nccn3c2)C1. The van der Waals surface area contributed by atoms with Crippen LogP contribution in [0.3, 0.4) is 0 Å². The highest BCUT2D eigenvalue weighted by molar-refractivity contribution is 5.94. The molecule has 0 bridgehead atoms. The predicted octanol–water partition coefficient (Wildman–Crippen LogP) is 3.66. The van der Waals surface area contributed by atoms with E-state index in [0.29, 0.717) is 5.92 Å². The highest BCUT2D eigenvalue weighted by Gasteiger charge is 2.26. The number of imidazole rings is 1. The second kappa shape index (κ2) is 6.11. The molecular weight excluding hydrogens is 298 g/mol. The summed E-state index contributed by atoms with van der Waals surface area (Å²) in [5.41, 5.74) is 4.28. The molecule has 1 unspecified atom stereocenters. The van der Waals surface area contributed by atoms with Gasteiger partial charge in [-0.05, 0) is 43.0 Å². The quantitative estimate of drug-likeness (QED) is 0.723. The van der Waals surface area contributed by atoms with Crippen LogP contribution in [-0.2, 0) is 0 Å². The first-order chi connectivity index (χ1) is 11.7. The van der Waals surface area contributed by atoms with Crippen LogP contribution in [0.25, 0.3) is 5.65 Å². The maximum absolute atomic E-state index is 12.9. The Morgan fingerprint density at radius 2 is 2.08 bits per heavy atom. The fourth-order valence-electron chi connectivity index (χ4n) is 3.69. The Labute approximate surface area is 141 Å². The third kappa shape index (κ3) is 2.68. The Morgan fingerprint density at radius 3 is 2.96 bits per heavy atom. The number of carbonyl (C=O) groups excluding carboxylic acids is 1. The van der Waals surface area contributed by atoms with E-state index in [0.717, 1.165) is 37.1 Å². The molecule has 4 rings (SSSR count). The van der Waals surface area contributed by atoms with Crippen LogP contribution >= 0.6 is 0 Å². The number of amides is 1.